The van der Waals surface area contributed by atoms with Crippen molar-refractivity contribution in [3.8, 4) is 11.4 Å². The zero-order chi connectivity index (χ0) is 19.8. The second-order valence-electron chi connectivity index (χ2n) is 6.32. The van der Waals surface area contributed by atoms with E-state index in [1.54, 1.807) is 19.2 Å². The van der Waals surface area contributed by atoms with Gasteiger partial charge in [0.1, 0.15) is 17.7 Å². The first-order valence-electron chi connectivity index (χ1n) is 9.10. The maximum Gasteiger partial charge on any atom is 0.191 e. The highest BCUT2D eigenvalue weighted by molar-refractivity contribution is 14.0. The van der Waals surface area contributed by atoms with Gasteiger partial charge in [-0.05, 0) is 43.3 Å². The van der Waals surface area contributed by atoms with Crippen molar-refractivity contribution in [2.24, 2.45) is 4.99 Å². The summed E-state index contributed by atoms with van der Waals surface area (Å²) in [5.41, 5.74) is 2.06. The molecule has 1 unspecified atom stereocenters. The number of benzene rings is 2. The van der Waals surface area contributed by atoms with E-state index in [4.69, 9.17) is 4.74 Å². The molecule has 0 saturated heterocycles. The van der Waals surface area contributed by atoms with Crippen LogP contribution in [0.4, 0.5) is 4.39 Å². The number of nitrogens with zero attached hydrogens (tertiary/aromatic N) is 3. The van der Waals surface area contributed by atoms with Crippen molar-refractivity contribution in [3.63, 3.8) is 0 Å². The molecule has 6 nitrogen and oxygen atoms in total. The van der Waals surface area contributed by atoms with Gasteiger partial charge in [0.25, 0.3) is 0 Å². The summed E-state index contributed by atoms with van der Waals surface area (Å²) in [4.78, 5) is 4.22. The highest BCUT2D eigenvalue weighted by atomic mass is 127. The zero-order valence-electron chi connectivity index (χ0n) is 16.4. The number of halogens is 2. The number of guanidine groups is 1. The highest BCUT2D eigenvalue weighted by Crippen LogP contribution is 2.12. The van der Waals surface area contributed by atoms with E-state index in [2.05, 4.69) is 20.7 Å². The standard InChI is InChI=1S/C21H24FN5O.HI/c1-16(28-20-10-8-18(22)9-11-20)12-24-21(23-2)25-13-17-14-26-27(15-17)19-6-4-3-5-7-19;/h3-11,14-16H,12-13H2,1-2H3,(H2,23,24,25);1H. The van der Waals surface area contributed by atoms with Gasteiger partial charge in [0.2, 0.25) is 0 Å². The summed E-state index contributed by atoms with van der Waals surface area (Å²) >= 11 is 0. The summed E-state index contributed by atoms with van der Waals surface area (Å²) < 4.78 is 20.5. The minimum atomic E-state index is -0.279. The molecule has 0 fully saturated rings. The van der Waals surface area contributed by atoms with E-state index in [0.717, 1.165) is 11.3 Å². The van der Waals surface area contributed by atoms with E-state index in [-0.39, 0.29) is 35.9 Å². The van der Waals surface area contributed by atoms with Gasteiger partial charge in [0.05, 0.1) is 18.4 Å². The maximum absolute atomic E-state index is 12.9. The Morgan fingerprint density at radius 3 is 2.55 bits per heavy atom. The normalized spacial score (nSPS) is 12.0. The number of hydrogen-bond acceptors (Lipinski definition) is 3. The molecule has 29 heavy (non-hydrogen) atoms. The van der Waals surface area contributed by atoms with Gasteiger partial charge in [-0.15, -0.1) is 24.0 Å². The van der Waals surface area contributed by atoms with Gasteiger partial charge < -0.3 is 15.4 Å². The Labute approximate surface area is 187 Å². The molecule has 0 radical (unpaired) electrons. The van der Waals surface area contributed by atoms with Crippen LogP contribution in [0.3, 0.4) is 0 Å². The molecule has 0 spiro atoms. The Morgan fingerprint density at radius 2 is 1.86 bits per heavy atom. The lowest BCUT2D eigenvalue weighted by Gasteiger charge is -2.17. The molecule has 3 rings (SSSR count). The van der Waals surface area contributed by atoms with E-state index in [1.807, 2.05) is 54.3 Å². The Balaban J connectivity index is 0.00000300. The molecule has 0 aliphatic rings. The van der Waals surface area contributed by atoms with Gasteiger partial charge in [0.15, 0.2) is 5.96 Å². The fourth-order valence-electron chi connectivity index (χ4n) is 2.61. The van der Waals surface area contributed by atoms with Crippen molar-refractivity contribution in [2.45, 2.75) is 19.6 Å². The van der Waals surface area contributed by atoms with Crippen LogP contribution >= 0.6 is 24.0 Å². The van der Waals surface area contributed by atoms with E-state index in [1.165, 1.54) is 12.1 Å². The summed E-state index contributed by atoms with van der Waals surface area (Å²) in [5, 5.41) is 10.9. The molecular formula is C21H25FIN5O. The minimum absolute atomic E-state index is 0. The van der Waals surface area contributed by atoms with E-state index < -0.39 is 0 Å². The van der Waals surface area contributed by atoms with Crippen LogP contribution in [0.1, 0.15) is 12.5 Å². The van der Waals surface area contributed by atoms with Crippen LogP contribution < -0.4 is 15.4 Å². The highest BCUT2D eigenvalue weighted by Gasteiger charge is 2.07. The average molecular weight is 509 g/mol. The van der Waals surface area contributed by atoms with Crippen LogP contribution in [0.25, 0.3) is 5.69 Å². The van der Waals surface area contributed by atoms with Crippen LogP contribution in [0.2, 0.25) is 0 Å². The lowest BCUT2D eigenvalue weighted by Crippen LogP contribution is -2.41. The molecule has 3 aromatic rings. The van der Waals surface area contributed by atoms with Crippen molar-refractivity contribution < 1.29 is 9.13 Å². The van der Waals surface area contributed by atoms with Crippen LogP contribution in [0, 0.1) is 5.82 Å². The quantitative estimate of drug-likeness (QED) is 0.289. The smallest absolute Gasteiger partial charge is 0.191 e. The molecule has 154 valence electrons. The van der Waals surface area contributed by atoms with Gasteiger partial charge in [0, 0.05) is 25.4 Å². The van der Waals surface area contributed by atoms with Crippen molar-refractivity contribution >= 4 is 29.9 Å². The van der Waals surface area contributed by atoms with Crippen molar-refractivity contribution in [2.75, 3.05) is 13.6 Å². The summed E-state index contributed by atoms with van der Waals surface area (Å²) in [6.07, 6.45) is 3.70. The van der Waals surface area contributed by atoms with Crippen molar-refractivity contribution in [3.05, 3.63) is 78.4 Å². The Morgan fingerprint density at radius 1 is 1.14 bits per heavy atom. The second kappa shape index (κ2) is 11.4. The number of ether oxygens (including phenoxy) is 1. The van der Waals surface area contributed by atoms with Gasteiger partial charge in [-0.25, -0.2) is 9.07 Å². The zero-order valence-corrected chi connectivity index (χ0v) is 18.7. The third-order valence-electron chi connectivity index (χ3n) is 4.05. The second-order valence-corrected chi connectivity index (χ2v) is 6.32. The van der Waals surface area contributed by atoms with Crippen molar-refractivity contribution in [1.29, 1.82) is 0 Å². The maximum atomic E-state index is 12.9. The molecule has 0 amide bonds. The number of aromatic nitrogens is 2. The SMILES string of the molecule is CN=C(NCc1cnn(-c2ccccc2)c1)NCC(C)Oc1ccc(F)cc1.I. The van der Waals surface area contributed by atoms with E-state index >= 15 is 0 Å². The predicted octanol–water partition coefficient (Wildman–Crippen LogP) is 3.76. The van der Waals surface area contributed by atoms with Crippen LogP contribution in [-0.4, -0.2) is 35.4 Å². The summed E-state index contributed by atoms with van der Waals surface area (Å²) in [5.74, 6) is 1.02. The molecule has 1 aromatic heterocycles. The number of hydrogen-bond donors (Lipinski definition) is 2. The van der Waals surface area contributed by atoms with Crippen LogP contribution in [0.5, 0.6) is 5.75 Å². The molecule has 0 bridgehead atoms. The first kappa shape index (κ1) is 22.7. The third kappa shape index (κ3) is 7.04. The molecular weight excluding hydrogens is 484 g/mol. The predicted molar refractivity (Wildman–Crippen MR) is 124 cm³/mol. The molecule has 2 aromatic carbocycles. The Kier molecular flexibility index (Phi) is 8.91. The van der Waals surface area contributed by atoms with E-state index in [0.29, 0.717) is 24.8 Å². The average Bonchev–Trinajstić information content (AvgIpc) is 3.20. The lowest BCUT2D eigenvalue weighted by atomic mass is 10.3. The lowest BCUT2D eigenvalue weighted by molar-refractivity contribution is 0.223. The summed E-state index contributed by atoms with van der Waals surface area (Å²) in [6, 6.07) is 15.9. The topological polar surface area (TPSA) is 63.5 Å². The number of para-hydroxylation sites is 1. The molecule has 0 aliphatic heterocycles. The third-order valence-corrected chi connectivity index (χ3v) is 4.05. The Bertz CT molecular complexity index is 899. The fraction of sp³-hybridized carbons (Fsp3) is 0.238. The van der Waals surface area contributed by atoms with Crippen molar-refractivity contribution in [1.82, 2.24) is 20.4 Å². The molecule has 1 heterocycles. The molecule has 1 atom stereocenters. The molecule has 8 heteroatoms. The monoisotopic (exact) mass is 509 g/mol. The molecule has 0 saturated carbocycles. The summed E-state index contributed by atoms with van der Waals surface area (Å²) in [7, 11) is 1.72. The van der Waals surface area contributed by atoms with Crippen LogP contribution in [0.15, 0.2) is 72.0 Å². The van der Waals surface area contributed by atoms with Gasteiger partial charge in [-0.1, -0.05) is 18.2 Å². The first-order valence-corrected chi connectivity index (χ1v) is 9.10. The fourth-order valence-corrected chi connectivity index (χ4v) is 2.61. The number of nitrogens with one attached hydrogen (secondary N) is 2. The Hall–Kier alpha value is -2.62. The molecule has 0 aliphatic carbocycles. The van der Waals surface area contributed by atoms with Gasteiger partial charge in [-0.3, -0.25) is 4.99 Å². The minimum Gasteiger partial charge on any atom is -0.489 e. The van der Waals surface area contributed by atoms with E-state index in [9.17, 15) is 4.39 Å². The van der Waals surface area contributed by atoms with Gasteiger partial charge in [-0.2, -0.15) is 5.10 Å². The van der Waals surface area contributed by atoms with Gasteiger partial charge >= 0.3 is 0 Å². The largest absolute Gasteiger partial charge is 0.489 e. The first-order chi connectivity index (χ1) is 13.6. The number of aliphatic imine (C=N–C) groups is 1. The summed E-state index contributed by atoms with van der Waals surface area (Å²) in [6.45, 7) is 3.09. The number of rotatable bonds is 7. The van der Waals surface area contributed by atoms with Crippen LogP contribution in [-0.2, 0) is 6.54 Å². The molecule has 2 N–H and O–H groups in total.